The van der Waals surface area contributed by atoms with Crippen molar-refractivity contribution in [2.75, 3.05) is 6.54 Å². The van der Waals surface area contributed by atoms with Crippen molar-refractivity contribution in [2.24, 2.45) is 0 Å². The van der Waals surface area contributed by atoms with Crippen LogP contribution in [0.5, 0.6) is 0 Å². The van der Waals surface area contributed by atoms with Crippen molar-refractivity contribution in [1.29, 1.82) is 0 Å². The summed E-state index contributed by atoms with van der Waals surface area (Å²) in [4.78, 5) is 16.9. The summed E-state index contributed by atoms with van der Waals surface area (Å²) in [6.07, 6.45) is 2.30. The fraction of sp³-hybridized carbons (Fsp3) is 0.143. The van der Waals surface area contributed by atoms with Gasteiger partial charge in [0.2, 0.25) is 10.0 Å². The maximum Gasteiger partial charge on any atom is 0.240 e. The van der Waals surface area contributed by atoms with Crippen molar-refractivity contribution in [1.82, 2.24) is 9.71 Å². The molecular weight excluding hydrogens is 360 g/mol. The first-order chi connectivity index (χ1) is 13.1. The van der Waals surface area contributed by atoms with Crippen LogP contribution in [-0.4, -0.2) is 25.7 Å². The van der Waals surface area contributed by atoms with E-state index in [4.69, 9.17) is 0 Å². The number of aromatic nitrogens is 1. The van der Waals surface area contributed by atoms with Crippen LogP contribution in [0.2, 0.25) is 0 Å². The molecule has 27 heavy (non-hydrogen) atoms. The molecule has 0 saturated heterocycles. The van der Waals surface area contributed by atoms with Gasteiger partial charge in [0.25, 0.3) is 0 Å². The van der Waals surface area contributed by atoms with Crippen LogP contribution in [-0.2, 0) is 10.0 Å². The van der Waals surface area contributed by atoms with Gasteiger partial charge in [0.15, 0.2) is 5.78 Å². The highest BCUT2D eigenvalue weighted by molar-refractivity contribution is 7.89. The van der Waals surface area contributed by atoms with Crippen LogP contribution in [0.1, 0.15) is 23.2 Å². The molecule has 1 aromatic heterocycles. The SMILES string of the molecule is O=C(CCCNS(=O)(=O)c1ccccc1)c1ccnc(-c2ccccc2)c1. The number of rotatable bonds is 8. The summed E-state index contributed by atoms with van der Waals surface area (Å²) in [7, 11) is -3.54. The lowest BCUT2D eigenvalue weighted by Crippen LogP contribution is -2.25. The van der Waals surface area contributed by atoms with Gasteiger partial charge in [-0.05, 0) is 30.7 Å². The standard InChI is InChI=1S/C21H20N2O3S/c24-21(12-7-14-23-27(25,26)19-10-5-2-6-11-19)18-13-15-22-20(16-18)17-8-3-1-4-9-17/h1-6,8-11,13,15-16,23H,7,12,14H2. The molecule has 0 saturated carbocycles. The second-order valence-corrected chi connectivity index (χ2v) is 7.80. The Bertz CT molecular complexity index is 1000. The van der Waals surface area contributed by atoms with E-state index in [1.807, 2.05) is 30.3 Å². The third-order valence-corrected chi connectivity index (χ3v) is 5.55. The summed E-state index contributed by atoms with van der Waals surface area (Å²) in [5.74, 6) is -0.0338. The number of carbonyl (C=O) groups is 1. The molecule has 138 valence electrons. The summed E-state index contributed by atoms with van der Waals surface area (Å²) in [5, 5.41) is 0. The Balaban J connectivity index is 1.56. The zero-order chi connectivity index (χ0) is 19.1. The van der Waals surface area contributed by atoms with Gasteiger partial charge in [-0.25, -0.2) is 13.1 Å². The molecule has 0 aliphatic rings. The Morgan fingerprint density at radius 2 is 1.59 bits per heavy atom. The molecule has 0 fully saturated rings. The summed E-state index contributed by atoms with van der Waals surface area (Å²) < 4.78 is 26.8. The number of Topliss-reactive ketones (excluding diaryl/α,β-unsaturated/α-hetero) is 1. The maximum absolute atomic E-state index is 12.4. The summed E-state index contributed by atoms with van der Waals surface area (Å²) in [6, 6.07) is 21.3. The first kappa shape index (κ1) is 18.9. The molecule has 5 nitrogen and oxygen atoms in total. The highest BCUT2D eigenvalue weighted by Crippen LogP contribution is 2.18. The lowest BCUT2D eigenvalue weighted by atomic mass is 10.0. The van der Waals surface area contributed by atoms with Gasteiger partial charge in [0, 0.05) is 30.3 Å². The second kappa shape index (κ2) is 8.70. The number of ketones is 1. The predicted octanol–water partition coefficient (Wildman–Crippen LogP) is 3.69. The predicted molar refractivity (Wildman–Crippen MR) is 105 cm³/mol. The van der Waals surface area contributed by atoms with Gasteiger partial charge in [-0.2, -0.15) is 0 Å². The second-order valence-electron chi connectivity index (χ2n) is 6.03. The maximum atomic E-state index is 12.4. The summed E-state index contributed by atoms with van der Waals surface area (Å²) in [6.45, 7) is 0.208. The average molecular weight is 380 g/mol. The fourth-order valence-electron chi connectivity index (χ4n) is 2.65. The first-order valence-corrected chi connectivity index (χ1v) is 10.1. The fourth-order valence-corrected chi connectivity index (χ4v) is 3.75. The minimum absolute atomic E-state index is 0.0338. The van der Waals surface area contributed by atoms with E-state index >= 15 is 0 Å². The van der Waals surface area contributed by atoms with E-state index in [9.17, 15) is 13.2 Å². The number of benzene rings is 2. The van der Waals surface area contributed by atoms with Crippen LogP contribution >= 0.6 is 0 Å². The molecule has 0 amide bonds. The van der Waals surface area contributed by atoms with Gasteiger partial charge in [0.05, 0.1) is 10.6 Å². The minimum atomic E-state index is -3.54. The number of nitrogens with zero attached hydrogens (tertiary/aromatic N) is 1. The van der Waals surface area contributed by atoms with Gasteiger partial charge >= 0.3 is 0 Å². The van der Waals surface area contributed by atoms with E-state index in [0.29, 0.717) is 12.0 Å². The lowest BCUT2D eigenvalue weighted by Gasteiger charge is -2.07. The molecule has 0 aliphatic heterocycles. The van der Waals surface area contributed by atoms with Crippen LogP contribution in [0.15, 0.2) is 83.9 Å². The van der Waals surface area contributed by atoms with E-state index in [0.717, 1.165) is 11.3 Å². The number of pyridine rings is 1. The highest BCUT2D eigenvalue weighted by Gasteiger charge is 2.13. The Hall–Kier alpha value is -2.83. The van der Waals surface area contributed by atoms with Crippen molar-refractivity contribution < 1.29 is 13.2 Å². The van der Waals surface area contributed by atoms with E-state index in [1.165, 1.54) is 12.1 Å². The molecule has 6 heteroatoms. The smallest absolute Gasteiger partial charge is 0.240 e. The molecule has 0 atom stereocenters. The molecule has 0 unspecified atom stereocenters. The number of nitrogens with one attached hydrogen (secondary N) is 1. The van der Waals surface area contributed by atoms with Gasteiger partial charge in [0.1, 0.15) is 0 Å². The molecule has 3 aromatic rings. The van der Waals surface area contributed by atoms with E-state index in [1.54, 1.807) is 36.5 Å². The van der Waals surface area contributed by atoms with Crippen LogP contribution in [0.25, 0.3) is 11.3 Å². The monoisotopic (exact) mass is 380 g/mol. The summed E-state index contributed by atoms with van der Waals surface area (Å²) in [5.41, 5.74) is 2.27. The molecule has 1 heterocycles. The van der Waals surface area contributed by atoms with Crippen LogP contribution in [0.3, 0.4) is 0 Å². The number of hydrogen-bond acceptors (Lipinski definition) is 4. The van der Waals surface area contributed by atoms with E-state index in [2.05, 4.69) is 9.71 Å². The van der Waals surface area contributed by atoms with Crippen molar-refractivity contribution >= 4 is 15.8 Å². The quantitative estimate of drug-likeness (QED) is 0.478. The largest absolute Gasteiger partial charge is 0.294 e. The van der Waals surface area contributed by atoms with Crippen molar-refractivity contribution in [3.63, 3.8) is 0 Å². The highest BCUT2D eigenvalue weighted by atomic mass is 32.2. The van der Waals surface area contributed by atoms with E-state index < -0.39 is 10.0 Å². The molecule has 3 rings (SSSR count). The van der Waals surface area contributed by atoms with Crippen molar-refractivity contribution in [3.8, 4) is 11.3 Å². The van der Waals surface area contributed by atoms with Gasteiger partial charge < -0.3 is 0 Å². The number of carbonyl (C=O) groups excluding carboxylic acids is 1. The van der Waals surface area contributed by atoms with Crippen molar-refractivity contribution in [3.05, 3.63) is 84.6 Å². The average Bonchev–Trinajstić information content (AvgIpc) is 2.72. The van der Waals surface area contributed by atoms with Crippen molar-refractivity contribution in [2.45, 2.75) is 17.7 Å². The molecule has 0 bridgehead atoms. The Kier molecular flexibility index (Phi) is 6.11. The topological polar surface area (TPSA) is 76.1 Å². The van der Waals surface area contributed by atoms with Crippen LogP contribution < -0.4 is 4.72 Å². The molecule has 0 radical (unpaired) electrons. The third kappa shape index (κ3) is 5.09. The third-order valence-electron chi connectivity index (χ3n) is 4.08. The Morgan fingerprint density at radius 3 is 2.30 bits per heavy atom. The van der Waals surface area contributed by atoms with Crippen LogP contribution in [0.4, 0.5) is 0 Å². The van der Waals surface area contributed by atoms with E-state index in [-0.39, 0.29) is 23.6 Å². The van der Waals surface area contributed by atoms with Gasteiger partial charge in [-0.1, -0.05) is 48.5 Å². The summed E-state index contributed by atoms with van der Waals surface area (Å²) >= 11 is 0. The van der Waals surface area contributed by atoms with Gasteiger partial charge in [-0.15, -0.1) is 0 Å². The lowest BCUT2D eigenvalue weighted by molar-refractivity contribution is 0.0980. The molecule has 0 spiro atoms. The number of hydrogen-bond donors (Lipinski definition) is 1. The zero-order valence-corrected chi connectivity index (χ0v) is 15.5. The van der Waals surface area contributed by atoms with Crippen LogP contribution in [0, 0.1) is 0 Å². The number of sulfonamides is 1. The minimum Gasteiger partial charge on any atom is -0.294 e. The molecule has 1 N–H and O–H groups in total. The Morgan fingerprint density at radius 1 is 0.926 bits per heavy atom. The molecule has 2 aromatic carbocycles. The zero-order valence-electron chi connectivity index (χ0n) is 14.7. The molecular formula is C21H20N2O3S. The normalized spacial score (nSPS) is 11.3. The van der Waals surface area contributed by atoms with Gasteiger partial charge in [-0.3, -0.25) is 9.78 Å². The Labute approximate surface area is 159 Å². The first-order valence-electron chi connectivity index (χ1n) is 8.66. The molecule has 0 aliphatic carbocycles.